The molecule has 0 aliphatic heterocycles. The van der Waals surface area contributed by atoms with E-state index in [1.807, 2.05) is 0 Å². The first-order valence-electron chi connectivity index (χ1n) is 5.27. The Morgan fingerprint density at radius 3 is 2.25 bits per heavy atom. The summed E-state index contributed by atoms with van der Waals surface area (Å²) in [6.45, 7) is 0. The lowest BCUT2D eigenvalue weighted by molar-refractivity contribution is 0.0703. The van der Waals surface area contributed by atoms with Gasteiger partial charge in [0.15, 0.2) is 0 Å². The van der Waals surface area contributed by atoms with Crippen molar-refractivity contribution in [3.63, 3.8) is 0 Å². The van der Waals surface area contributed by atoms with Gasteiger partial charge in [-0.05, 0) is 23.8 Å². The van der Waals surface area contributed by atoms with E-state index in [1.54, 1.807) is 0 Å². The van der Waals surface area contributed by atoms with Crippen LogP contribution >= 0.6 is 11.3 Å². The van der Waals surface area contributed by atoms with Crippen LogP contribution in [0.5, 0.6) is 0 Å². The van der Waals surface area contributed by atoms with Gasteiger partial charge in [0.25, 0.3) is 0 Å². The Kier molecular flexibility index (Phi) is 3.66. The summed E-state index contributed by atoms with van der Waals surface area (Å²) in [5, 5.41) is 11.2. The van der Waals surface area contributed by atoms with E-state index in [9.17, 15) is 18.4 Å². The second-order valence-electron chi connectivity index (χ2n) is 3.81. The van der Waals surface area contributed by atoms with E-state index in [-0.39, 0.29) is 16.1 Å². The van der Waals surface area contributed by atoms with Crippen LogP contribution in [0.25, 0.3) is 10.4 Å². The summed E-state index contributed by atoms with van der Waals surface area (Å²) in [7, 11) is 0. The number of carboxylic acids is 1. The Labute approximate surface area is 115 Å². The van der Waals surface area contributed by atoms with Gasteiger partial charge in [-0.3, -0.25) is 0 Å². The molecule has 0 aliphatic rings. The van der Waals surface area contributed by atoms with Crippen molar-refractivity contribution in [1.82, 2.24) is 0 Å². The first kappa shape index (κ1) is 13.9. The molecule has 0 bridgehead atoms. The predicted molar refractivity (Wildman–Crippen MR) is 69.8 cm³/mol. The zero-order chi connectivity index (χ0) is 14.9. The number of anilines is 1. The molecule has 0 fully saturated rings. The van der Waals surface area contributed by atoms with E-state index < -0.39 is 23.6 Å². The molecule has 0 radical (unpaired) electrons. The number of rotatable bonds is 3. The summed E-state index contributed by atoms with van der Waals surface area (Å²) < 4.78 is 26.3. The van der Waals surface area contributed by atoms with E-state index in [0.717, 1.165) is 23.5 Å². The molecule has 2 rings (SSSR count). The van der Waals surface area contributed by atoms with Gasteiger partial charge in [-0.2, -0.15) is 0 Å². The number of urea groups is 1. The van der Waals surface area contributed by atoms with Crippen LogP contribution in [0.1, 0.15) is 9.67 Å². The van der Waals surface area contributed by atoms with Gasteiger partial charge in [0, 0.05) is 10.9 Å². The highest BCUT2D eigenvalue weighted by molar-refractivity contribution is 7.18. The molecule has 1 aromatic carbocycles. The number of aromatic carboxylic acids is 1. The smallest absolute Gasteiger partial charge is 0.348 e. The van der Waals surface area contributed by atoms with Crippen LogP contribution in [0.4, 0.5) is 19.3 Å². The molecule has 20 heavy (non-hydrogen) atoms. The van der Waals surface area contributed by atoms with Gasteiger partial charge in [0.1, 0.15) is 16.5 Å². The minimum atomic E-state index is -1.28. The molecular formula is C12H8F2N2O3S. The number of thiophene rings is 1. The Bertz CT molecular complexity index is 680. The molecule has 2 amide bonds. The van der Waals surface area contributed by atoms with Gasteiger partial charge < -0.3 is 16.2 Å². The van der Waals surface area contributed by atoms with Gasteiger partial charge >= 0.3 is 12.0 Å². The monoisotopic (exact) mass is 298 g/mol. The molecular weight excluding hydrogens is 290 g/mol. The van der Waals surface area contributed by atoms with Crippen LogP contribution < -0.4 is 11.1 Å². The summed E-state index contributed by atoms with van der Waals surface area (Å²) in [6, 6.07) is 3.20. The fourth-order valence-corrected chi connectivity index (χ4v) is 2.55. The molecule has 1 heterocycles. The summed E-state index contributed by atoms with van der Waals surface area (Å²) in [4.78, 5) is 22.0. The highest BCUT2D eigenvalue weighted by atomic mass is 32.1. The first-order chi connectivity index (χ1) is 9.36. The lowest BCUT2D eigenvalue weighted by Crippen LogP contribution is -2.20. The van der Waals surface area contributed by atoms with Gasteiger partial charge in [0.2, 0.25) is 0 Å². The fraction of sp³-hybridized carbons (Fsp3) is 0. The van der Waals surface area contributed by atoms with E-state index in [1.165, 1.54) is 6.07 Å². The Morgan fingerprint density at radius 2 is 1.75 bits per heavy atom. The fourth-order valence-electron chi connectivity index (χ4n) is 1.61. The highest BCUT2D eigenvalue weighted by Crippen LogP contribution is 2.35. The Hall–Kier alpha value is -2.48. The van der Waals surface area contributed by atoms with Crippen molar-refractivity contribution < 1.29 is 23.5 Å². The van der Waals surface area contributed by atoms with Gasteiger partial charge in [-0.15, -0.1) is 11.3 Å². The molecule has 1 aromatic heterocycles. The summed E-state index contributed by atoms with van der Waals surface area (Å²) in [5.41, 5.74) is 5.09. The molecule has 8 heteroatoms. The quantitative estimate of drug-likeness (QED) is 0.813. The average Bonchev–Trinajstić information content (AvgIpc) is 2.70. The van der Waals surface area contributed by atoms with Crippen molar-refractivity contribution in [2.24, 2.45) is 5.73 Å². The number of primary amides is 1. The maximum atomic E-state index is 13.1. The molecule has 104 valence electrons. The third-order valence-electron chi connectivity index (χ3n) is 2.33. The molecule has 0 spiro atoms. The van der Waals surface area contributed by atoms with Gasteiger partial charge in [-0.1, -0.05) is 0 Å². The van der Waals surface area contributed by atoms with Crippen LogP contribution in [0.2, 0.25) is 0 Å². The van der Waals surface area contributed by atoms with Crippen molar-refractivity contribution in [2.45, 2.75) is 0 Å². The first-order valence-corrected chi connectivity index (χ1v) is 6.08. The standard InChI is InChI=1S/C12H8F2N2O3S/c13-6-1-5(2-7(14)3-6)9-4-8(16-12(15)19)10(20-9)11(17)18/h1-4H,(H,17,18)(H3,15,16,19). The number of halogens is 2. The minimum Gasteiger partial charge on any atom is -0.477 e. The van der Waals surface area contributed by atoms with Crippen molar-refractivity contribution >= 4 is 29.0 Å². The number of amides is 2. The van der Waals surface area contributed by atoms with Crippen molar-refractivity contribution in [3.8, 4) is 10.4 Å². The summed E-state index contributed by atoms with van der Waals surface area (Å²) in [5.74, 6) is -2.84. The van der Waals surface area contributed by atoms with Gasteiger partial charge in [0.05, 0.1) is 5.69 Å². The zero-order valence-corrected chi connectivity index (χ0v) is 10.6. The lowest BCUT2D eigenvalue weighted by Gasteiger charge is -1.99. The van der Waals surface area contributed by atoms with Crippen LogP contribution in [0.15, 0.2) is 24.3 Å². The number of carbonyl (C=O) groups is 2. The van der Waals surface area contributed by atoms with Crippen molar-refractivity contribution in [3.05, 3.63) is 40.8 Å². The Morgan fingerprint density at radius 1 is 1.15 bits per heavy atom. The Balaban J connectivity index is 2.52. The van der Waals surface area contributed by atoms with E-state index in [4.69, 9.17) is 10.8 Å². The number of carbonyl (C=O) groups excluding carboxylic acids is 1. The topological polar surface area (TPSA) is 92.4 Å². The number of nitrogens with one attached hydrogen (secondary N) is 1. The maximum absolute atomic E-state index is 13.1. The number of carboxylic acid groups (broad SMARTS) is 1. The second-order valence-corrected chi connectivity index (χ2v) is 4.86. The largest absolute Gasteiger partial charge is 0.477 e. The highest BCUT2D eigenvalue weighted by Gasteiger charge is 2.18. The molecule has 2 aromatic rings. The third-order valence-corrected chi connectivity index (χ3v) is 3.50. The molecule has 0 saturated carbocycles. The lowest BCUT2D eigenvalue weighted by atomic mass is 10.1. The van der Waals surface area contributed by atoms with E-state index in [0.29, 0.717) is 10.9 Å². The van der Waals surface area contributed by atoms with Gasteiger partial charge in [-0.25, -0.2) is 18.4 Å². The van der Waals surface area contributed by atoms with Crippen molar-refractivity contribution in [1.29, 1.82) is 0 Å². The molecule has 5 nitrogen and oxygen atoms in total. The van der Waals surface area contributed by atoms with E-state index >= 15 is 0 Å². The summed E-state index contributed by atoms with van der Waals surface area (Å²) >= 11 is 0.777. The van der Waals surface area contributed by atoms with Crippen LogP contribution in [0.3, 0.4) is 0 Å². The molecule has 0 atom stereocenters. The predicted octanol–water partition coefficient (Wildman–Crippen LogP) is 2.88. The number of hydrogen-bond acceptors (Lipinski definition) is 3. The molecule has 0 aliphatic carbocycles. The zero-order valence-electron chi connectivity index (χ0n) is 9.81. The minimum absolute atomic E-state index is 0.0188. The number of hydrogen-bond donors (Lipinski definition) is 3. The van der Waals surface area contributed by atoms with E-state index in [2.05, 4.69) is 5.32 Å². The summed E-state index contributed by atoms with van der Waals surface area (Å²) in [6.07, 6.45) is 0. The average molecular weight is 298 g/mol. The third kappa shape index (κ3) is 2.91. The molecule has 0 unspecified atom stereocenters. The molecule has 4 N–H and O–H groups in total. The second kappa shape index (κ2) is 5.25. The normalized spacial score (nSPS) is 10.3. The van der Waals surface area contributed by atoms with Crippen LogP contribution in [-0.4, -0.2) is 17.1 Å². The number of benzene rings is 1. The molecule has 0 saturated heterocycles. The van der Waals surface area contributed by atoms with Crippen LogP contribution in [-0.2, 0) is 0 Å². The van der Waals surface area contributed by atoms with Crippen molar-refractivity contribution in [2.75, 3.05) is 5.32 Å². The van der Waals surface area contributed by atoms with Crippen LogP contribution in [0, 0.1) is 11.6 Å². The number of nitrogens with two attached hydrogens (primary N) is 1. The maximum Gasteiger partial charge on any atom is 0.348 e. The SMILES string of the molecule is NC(=O)Nc1cc(-c2cc(F)cc(F)c2)sc1C(=O)O.